The van der Waals surface area contributed by atoms with Crippen LogP contribution in [0.4, 0.5) is 0 Å². The van der Waals surface area contributed by atoms with Crippen LogP contribution in [-0.2, 0) is 17.8 Å². The number of pyridine rings is 1. The molecule has 0 atom stereocenters. The Balaban J connectivity index is 1.53. The van der Waals surface area contributed by atoms with E-state index in [1.807, 2.05) is 59.5 Å². The van der Waals surface area contributed by atoms with Crippen LogP contribution >= 0.6 is 0 Å². The van der Waals surface area contributed by atoms with Crippen LogP contribution < -0.4 is 4.74 Å². The number of para-hydroxylation sites is 1. The second-order valence-corrected chi connectivity index (χ2v) is 6.77. The van der Waals surface area contributed by atoms with E-state index in [4.69, 9.17) is 4.74 Å². The molecule has 0 spiro atoms. The third-order valence-electron chi connectivity index (χ3n) is 4.88. The monoisotopic (exact) mass is 346 g/mol. The normalized spacial score (nSPS) is 13.6. The minimum atomic E-state index is 0.168. The van der Waals surface area contributed by atoms with E-state index in [1.54, 1.807) is 13.3 Å². The molecule has 1 aromatic heterocycles. The van der Waals surface area contributed by atoms with Gasteiger partial charge in [-0.05, 0) is 42.2 Å². The van der Waals surface area contributed by atoms with Gasteiger partial charge in [-0.1, -0.05) is 36.4 Å². The van der Waals surface area contributed by atoms with Crippen LogP contribution in [0.5, 0.6) is 5.75 Å². The number of carbonyl (C=O) groups is 1. The van der Waals surface area contributed by atoms with Crippen molar-refractivity contribution in [3.05, 3.63) is 71.9 Å². The van der Waals surface area contributed by atoms with Crippen molar-refractivity contribution < 1.29 is 9.53 Å². The summed E-state index contributed by atoms with van der Waals surface area (Å²) in [5.74, 6) is 1.00. The summed E-state index contributed by atoms with van der Waals surface area (Å²) in [4.78, 5) is 19.5. The maximum atomic E-state index is 13.0. The van der Waals surface area contributed by atoms with E-state index < -0.39 is 0 Å². The number of nitrogens with zero attached hydrogens (tertiary/aromatic N) is 2. The van der Waals surface area contributed by atoms with Crippen LogP contribution in [0, 0.1) is 0 Å². The Morgan fingerprint density at radius 1 is 1.12 bits per heavy atom. The van der Waals surface area contributed by atoms with Crippen molar-refractivity contribution in [2.75, 3.05) is 7.11 Å². The van der Waals surface area contributed by atoms with Crippen LogP contribution in [0.15, 0.2) is 60.8 Å². The lowest BCUT2D eigenvalue weighted by Gasteiger charge is -2.23. The molecule has 0 unspecified atom stereocenters. The smallest absolute Gasteiger partial charge is 0.227 e. The number of benzene rings is 2. The Labute approximate surface area is 153 Å². The van der Waals surface area contributed by atoms with Crippen molar-refractivity contribution in [2.24, 2.45) is 0 Å². The highest BCUT2D eigenvalue weighted by molar-refractivity contribution is 5.87. The Morgan fingerprint density at radius 2 is 1.88 bits per heavy atom. The fraction of sp³-hybridized carbons (Fsp3) is 0.273. The minimum Gasteiger partial charge on any atom is -0.497 e. The lowest BCUT2D eigenvalue weighted by Crippen LogP contribution is -2.33. The molecule has 1 aliphatic carbocycles. The van der Waals surface area contributed by atoms with E-state index in [1.165, 1.54) is 0 Å². The van der Waals surface area contributed by atoms with Crippen molar-refractivity contribution in [1.29, 1.82) is 0 Å². The van der Waals surface area contributed by atoms with Crippen molar-refractivity contribution in [2.45, 2.75) is 31.8 Å². The van der Waals surface area contributed by atoms with E-state index in [2.05, 4.69) is 4.98 Å². The first-order valence-electron chi connectivity index (χ1n) is 8.99. The van der Waals surface area contributed by atoms with Gasteiger partial charge in [-0.2, -0.15) is 0 Å². The number of hydrogen-bond donors (Lipinski definition) is 0. The molecule has 1 saturated carbocycles. The molecule has 0 N–H and O–H groups in total. The van der Waals surface area contributed by atoms with Gasteiger partial charge in [0, 0.05) is 24.2 Å². The molecule has 0 radical (unpaired) electrons. The number of ether oxygens (including phenoxy) is 1. The quantitative estimate of drug-likeness (QED) is 0.678. The molecule has 4 rings (SSSR count). The predicted molar refractivity (Wildman–Crippen MR) is 102 cm³/mol. The van der Waals surface area contributed by atoms with Gasteiger partial charge in [0.1, 0.15) is 5.75 Å². The Morgan fingerprint density at radius 3 is 2.62 bits per heavy atom. The summed E-state index contributed by atoms with van der Waals surface area (Å²) in [6.45, 7) is 0.645. The molecule has 4 nitrogen and oxygen atoms in total. The Kier molecular flexibility index (Phi) is 4.57. The van der Waals surface area contributed by atoms with Crippen LogP contribution in [0.25, 0.3) is 10.9 Å². The Bertz CT molecular complexity index is 912. The summed E-state index contributed by atoms with van der Waals surface area (Å²) in [7, 11) is 1.66. The third-order valence-corrected chi connectivity index (χ3v) is 4.88. The van der Waals surface area contributed by atoms with Gasteiger partial charge in [0.25, 0.3) is 0 Å². The predicted octanol–water partition coefficient (Wildman–Crippen LogP) is 3.98. The van der Waals surface area contributed by atoms with Crippen molar-refractivity contribution in [1.82, 2.24) is 9.88 Å². The molecule has 0 bridgehead atoms. The molecule has 132 valence electrons. The molecule has 1 heterocycles. The number of fused-ring (bicyclic) bond motifs is 1. The van der Waals surface area contributed by atoms with Crippen molar-refractivity contribution >= 4 is 16.8 Å². The molecular weight excluding hydrogens is 324 g/mol. The van der Waals surface area contributed by atoms with Gasteiger partial charge >= 0.3 is 0 Å². The largest absolute Gasteiger partial charge is 0.497 e. The number of aromatic nitrogens is 1. The molecular formula is C22H22N2O2. The highest BCUT2D eigenvalue weighted by Gasteiger charge is 2.32. The SMILES string of the molecule is COc1ccc(CN(C(=O)Cc2cccc3cccnc23)C2CC2)cc1. The first-order chi connectivity index (χ1) is 12.7. The number of amides is 1. The van der Waals surface area contributed by atoms with Gasteiger partial charge in [-0.15, -0.1) is 0 Å². The first kappa shape index (κ1) is 16.6. The molecule has 2 aromatic carbocycles. The van der Waals surface area contributed by atoms with Crippen molar-refractivity contribution in [3.8, 4) is 5.75 Å². The molecule has 1 amide bonds. The molecule has 4 heteroatoms. The number of hydrogen-bond acceptors (Lipinski definition) is 3. The summed E-state index contributed by atoms with van der Waals surface area (Å²) in [6, 6.07) is 18.3. The van der Waals surface area contributed by atoms with E-state index in [0.717, 1.165) is 40.6 Å². The van der Waals surface area contributed by atoms with Crippen LogP contribution in [0.1, 0.15) is 24.0 Å². The van der Waals surface area contributed by atoms with E-state index in [0.29, 0.717) is 19.0 Å². The van der Waals surface area contributed by atoms with E-state index in [-0.39, 0.29) is 5.91 Å². The average Bonchev–Trinajstić information content (AvgIpc) is 3.52. The standard InChI is InChI=1S/C22H22N2O2/c1-26-20-11-7-16(8-12-20)15-24(19-9-10-19)21(25)14-18-5-2-4-17-6-3-13-23-22(17)18/h2-8,11-13,19H,9-10,14-15H2,1H3. The zero-order valence-corrected chi connectivity index (χ0v) is 14.9. The first-order valence-corrected chi connectivity index (χ1v) is 8.99. The fourth-order valence-corrected chi connectivity index (χ4v) is 3.31. The summed E-state index contributed by atoms with van der Waals surface area (Å²) in [6.07, 6.45) is 4.36. The van der Waals surface area contributed by atoms with Gasteiger partial charge < -0.3 is 9.64 Å². The van der Waals surface area contributed by atoms with Gasteiger partial charge in [0.15, 0.2) is 0 Å². The molecule has 1 aliphatic rings. The summed E-state index contributed by atoms with van der Waals surface area (Å²) >= 11 is 0. The van der Waals surface area contributed by atoms with Crippen LogP contribution in [0.3, 0.4) is 0 Å². The van der Waals surface area contributed by atoms with E-state index in [9.17, 15) is 4.79 Å². The lowest BCUT2D eigenvalue weighted by atomic mass is 10.1. The summed E-state index contributed by atoms with van der Waals surface area (Å²) < 4.78 is 5.21. The molecule has 1 fully saturated rings. The maximum absolute atomic E-state index is 13.0. The Hall–Kier alpha value is -2.88. The molecule has 3 aromatic rings. The average molecular weight is 346 g/mol. The number of methoxy groups -OCH3 is 1. The van der Waals surface area contributed by atoms with Gasteiger partial charge in [0.05, 0.1) is 19.0 Å². The topological polar surface area (TPSA) is 42.4 Å². The fourth-order valence-electron chi connectivity index (χ4n) is 3.31. The van der Waals surface area contributed by atoms with Gasteiger partial charge in [-0.25, -0.2) is 0 Å². The number of carbonyl (C=O) groups excluding carboxylic acids is 1. The summed E-state index contributed by atoms with van der Waals surface area (Å²) in [5.41, 5.74) is 3.04. The number of rotatable bonds is 6. The van der Waals surface area contributed by atoms with Crippen LogP contribution in [-0.4, -0.2) is 28.9 Å². The lowest BCUT2D eigenvalue weighted by molar-refractivity contribution is -0.131. The molecule has 0 aliphatic heterocycles. The van der Waals surface area contributed by atoms with Crippen LogP contribution in [0.2, 0.25) is 0 Å². The summed E-state index contributed by atoms with van der Waals surface area (Å²) in [5, 5.41) is 1.07. The highest BCUT2D eigenvalue weighted by atomic mass is 16.5. The van der Waals surface area contributed by atoms with Crippen molar-refractivity contribution in [3.63, 3.8) is 0 Å². The second-order valence-electron chi connectivity index (χ2n) is 6.77. The second kappa shape index (κ2) is 7.16. The molecule has 26 heavy (non-hydrogen) atoms. The molecule has 0 saturated heterocycles. The minimum absolute atomic E-state index is 0.168. The third kappa shape index (κ3) is 3.54. The van der Waals surface area contributed by atoms with Gasteiger partial charge in [0.2, 0.25) is 5.91 Å². The van der Waals surface area contributed by atoms with E-state index >= 15 is 0 Å². The van der Waals surface area contributed by atoms with Gasteiger partial charge in [-0.3, -0.25) is 9.78 Å². The zero-order chi connectivity index (χ0) is 17.9. The highest BCUT2D eigenvalue weighted by Crippen LogP contribution is 2.30. The maximum Gasteiger partial charge on any atom is 0.227 e. The zero-order valence-electron chi connectivity index (χ0n) is 14.9.